The molecule has 2 amide bonds. The maximum Gasteiger partial charge on any atom is 0.319 e. The molecule has 0 aliphatic rings. The standard InChI is InChI=1S/C27H32N4O/c1-19(2)23-13-8-14-24(20(3)4)26(23)31-27(32)30-18-25(22-11-6-5-7-12-22)29-17-21-10-9-15-28-16-21/h5-17,19-20,25H,18H2,1-4H3,(H2,30,31,32)/t25-/m1/s1. The van der Waals surface area contributed by atoms with E-state index in [-0.39, 0.29) is 12.1 Å². The van der Waals surface area contributed by atoms with Crippen LogP contribution in [0.15, 0.2) is 78.0 Å². The highest BCUT2D eigenvalue weighted by Gasteiger charge is 2.17. The van der Waals surface area contributed by atoms with Gasteiger partial charge < -0.3 is 10.6 Å². The largest absolute Gasteiger partial charge is 0.335 e. The van der Waals surface area contributed by atoms with Gasteiger partial charge in [-0.15, -0.1) is 0 Å². The van der Waals surface area contributed by atoms with Crippen LogP contribution in [0.3, 0.4) is 0 Å². The first-order chi connectivity index (χ1) is 15.5. The van der Waals surface area contributed by atoms with E-state index in [2.05, 4.69) is 61.5 Å². The normalized spacial score (nSPS) is 12.3. The summed E-state index contributed by atoms with van der Waals surface area (Å²) in [7, 11) is 0. The van der Waals surface area contributed by atoms with Crippen molar-refractivity contribution in [2.75, 3.05) is 11.9 Å². The van der Waals surface area contributed by atoms with Gasteiger partial charge in [0.15, 0.2) is 0 Å². The average Bonchev–Trinajstić information content (AvgIpc) is 2.80. The van der Waals surface area contributed by atoms with Gasteiger partial charge in [-0.1, -0.05) is 82.3 Å². The highest BCUT2D eigenvalue weighted by Crippen LogP contribution is 2.32. The van der Waals surface area contributed by atoms with Crippen LogP contribution in [-0.4, -0.2) is 23.8 Å². The lowest BCUT2D eigenvalue weighted by Gasteiger charge is -2.21. The van der Waals surface area contributed by atoms with Gasteiger partial charge in [0.05, 0.1) is 6.04 Å². The second kappa shape index (κ2) is 11.2. The molecule has 1 aromatic heterocycles. The first kappa shape index (κ1) is 23.2. The van der Waals surface area contributed by atoms with E-state index in [1.807, 2.05) is 42.5 Å². The second-order valence-electron chi connectivity index (χ2n) is 8.45. The number of pyridine rings is 1. The van der Waals surface area contributed by atoms with Crippen LogP contribution >= 0.6 is 0 Å². The molecule has 3 rings (SSSR count). The Balaban J connectivity index is 1.75. The number of carbonyl (C=O) groups is 1. The Labute approximate surface area is 191 Å². The summed E-state index contributed by atoms with van der Waals surface area (Å²) in [5.74, 6) is 0.621. The molecular weight excluding hydrogens is 396 g/mol. The van der Waals surface area contributed by atoms with E-state index in [1.165, 1.54) is 0 Å². The molecule has 0 unspecified atom stereocenters. The van der Waals surface area contributed by atoms with Gasteiger partial charge in [0.2, 0.25) is 0 Å². The topological polar surface area (TPSA) is 66.4 Å². The molecule has 0 saturated carbocycles. The van der Waals surface area contributed by atoms with Crippen LogP contribution in [0, 0.1) is 0 Å². The zero-order chi connectivity index (χ0) is 22.9. The zero-order valence-corrected chi connectivity index (χ0v) is 19.2. The molecule has 0 aliphatic carbocycles. The number of para-hydroxylation sites is 1. The smallest absolute Gasteiger partial charge is 0.319 e. The van der Waals surface area contributed by atoms with Crippen molar-refractivity contribution in [3.63, 3.8) is 0 Å². The molecule has 166 valence electrons. The Bertz CT molecular complexity index is 1000. The lowest BCUT2D eigenvalue weighted by atomic mass is 9.93. The van der Waals surface area contributed by atoms with Crippen molar-refractivity contribution in [1.82, 2.24) is 10.3 Å². The van der Waals surface area contributed by atoms with Crippen molar-refractivity contribution in [2.45, 2.75) is 45.6 Å². The Morgan fingerprint density at radius 2 is 1.62 bits per heavy atom. The van der Waals surface area contributed by atoms with Crippen LogP contribution in [0.25, 0.3) is 0 Å². The molecule has 0 aliphatic heterocycles. The minimum Gasteiger partial charge on any atom is -0.335 e. The van der Waals surface area contributed by atoms with Gasteiger partial charge >= 0.3 is 6.03 Å². The number of carbonyl (C=O) groups excluding carboxylic acids is 1. The SMILES string of the molecule is CC(C)c1cccc(C(C)C)c1NC(=O)NC[C@@H](N=Cc1cccnc1)c1ccccc1. The molecule has 5 heteroatoms. The number of hydrogen-bond donors (Lipinski definition) is 2. The Kier molecular flexibility index (Phi) is 8.14. The molecular formula is C27H32N4O. The van der Waals surface area contributed by atoms with E-state index in [0.29, 0.717) is 18.4 Å². The van der Waals surface area contributed by atoms with Gasteiger partial charge in [0, 0.05) is 36.4 Å². The fourth-order valence-corrected chi connectivity index (χ4v) is 3.60. The summed E-state index contributed by atoms with van der Waals surface area (Å²) in [6.45, 7) is 8.94. The minimum atomic E-state index is -0.225. The number of urea groups is 1. The number of anilines is 1. The number of aromatic nitrogens is 1. The minimum absolute atomic E-state index is 0.202. The number of rotatable bonds is 8. The summed E-state index contributed by atoms with van der Waals surface area (Å²) >= 11 is 0. The number of amides is 2. The summed E-state index contributed by atoms with van der Waals surface area (Å²) in [5, 5.41) is 6.13. The Hall–Kier alpha value is -3.47. The van der Waals surface area contributed by atoms with E-state index >= 15 is 0 Å². The van der Waals surface area contributed by atoms with Crippen LogP contribution in [0.5, 0.6) is 0 Å². The third-order valence-corrected chi connectivity index (χ3v) is 5.34. The van der Waals surface area contributed by atoms with Gasteiger partial charge in [-0.05, 0) is 34.6 Å². The van der Waals surface area contributed by atoms with E-state index in [4.69, 9.17) is 4.99 Å². The quantitative estimate of drug-likeness (QED) is 0.413. The molecule has 0 saturated heterocycles. The van der Waals surface area contributed by atoms with Crippen LogP contribution in [0.2, 0.25) is 0 Å². The number of nitrogens with one attached hydrogen (secondary N) is 2. The van der Waals surface area contributed by atoms with Gasteiger partial charge in [-0.3, -0.25) is 9.98 Å². The van der Waals surface area contributed by atoms with Crippen LogP contribution in [0.1, 0.15) is 67.8 Å². The summed E-state index contributed by atoms with van der Waals surface area (Å²) < 4.78 is 0. The van der Waals surface area contributed by atoms with Crippen molar-refractivity contribution in [1.29, 1.82) is 0 Å². The monoisotopic (exact) mass is 428 g/mol. The number of benzene rings is 2. The van der Waals surface area contributed by atoms with Gasteiger partial charge in [0.1, 0.15) is 0 Å². The van der Waals surface area contributed by atoms with Crippen LogP contribution in [-0.2, 0) is 0 Å². The summed E-state index contributed by atoms with van der Waals surface area (Å²) in [6, 6.07) is 19.6. The number of hydrogen-bond acceptors (Lipinski definition) is 3. The van der Waals surface area contributed by atoms with E-state index in [0.717, 1.165) is 27.9 Å². The molecule has 0 radical (unpaired) electrons. The lowest BCUT2D eigenvalue weighted by Crippen LogP contribution is -2.33. The summed E-state index contributed by atoms with van der Waals surface area (Å²) in [5.41, 5.74) is 5.15. The average molecular weight is 429 g/mol. The second-order valence-corrected chi connectivity index (χ2v) is 8.45. The fourth-order valence-electron chi connectivity index (χ4n) is 3.60. The van der Waals surface area contributed by atoms with Gasteiger partial charge in [0.25, 0.3) is 0 Å². The maximum absolute atomic E-state index is 12.9. The van der Waals surface area contributed by atoms with Crippen molar-refractivity contribution in [3.8, 4) is 0 Å². The number of nitrogens with zero attached hydrogens (tertiary/aromatic N) is 2. The Morgan fingerprint density at radius 3 is 2.22 bits per heavy atom. The molecule has 32 heavy (non-hydrogen) atoms. The predicted octanol–water partition coefficient (Wildman–Crippen LogP) is 6.31. The predicted molar refractivity (Wildman–Crippen MR) is 133 cm³/mol. The van der Waals surface area contributed by atoms with E-state index in [9.17, 15) is 4.79 Å². The lowest BCUT2D eigenvalue weighted by molar-refractivity contribution is 0.251. The van der Waals surface area contributed by atoms with Gasteiger partial charge in [-0.25, -0.2) is 4.79 Å². The molecule has 0 bridgehead atoms. The van der Waals surface area contributed by atoms with Crippen molar-refractivity contribution < 1.29 is 4.79 Å². The molecule has 1 atom stereocenters. The molecule has 0 spiro atoms. The third kappa shape index (κ3) is 6.27. The van der Waals surface area contributed by atoms with Crippen molar-refractivity contribution >= 4 is 17.9 Å². The van der Waals surface area contributed by atoms with Crippen LogP contribution in [0.4, 0.5) is 10.5 Å². The molecule has 5 nitrogen and oxygen atoms in total. The highest BCUT2D eigenvalue weighted by molar-refractivity contribution is 5.91. The van der Waals surface area contributed by atoms with E-state index < -0.39 is 0 Å². The summed E-state index contributed by atoms with van der Waals surface area (Å²) in [4.78, 5) is 21.7. The van der Waals surface area contributed by atoms with E-state index in [1.54, 1.807) is 18.6 Å². The maximum atomic E-state index is 12.9. The molecule has 2 N–H and O–H groups in total. The molecule has 3 aromatic rings. The first-order valence-corrected chi connectivity index (χ1v) is 11.1. The van der Waals surface area contributed by atoms with Crippen LogP contribution < -0.4 is 10.6 Å². The van der Waals surface area contributed by atoms with Crippen molar-refractivity contribution in [2.24, 2.45) is 4.99 Å². The third-order valence-electron chi connectivity index (χ3n) is 5.34. The highest BCUT2D eigenvalue weighted by atomic mass is 16.2. The van der Waals surface area contributed by atoms with Gasteiger partial charge in [-0.2, -0.15) is 0 Å². The fraction of sp³-hybridized carbons (Fsp3) is 0.296. The Morgan fingerprint density at radius 1 is 0.938 bits per heavy atom. The molecule has 1 heterocycles. The summed E-state index contributed by atoms with van der Waals surface area (Å²) in [6.07, 6.45) is 5.30. The zero-order valence-electron chi connectivity index (χ0n) is 19.2. The molecule has 2 aromatic carbocycles. The first-order valence-electron chi connectivity index (χ1n) is 11.1. The number of aliphatic imine (C=N–C) groups is 1. The molecule has 0 fully saturated rings. The van der Waals surface area contributed by atoms with Crippen molar-refractivity contribution in [3.05, 3.63) is 95.3 Å².